The minimum absolute atomic E-state index is 0.0759. The standard InChI is InChI=1S/C23H37N5O/c1-4-5-8-13-24-19-11-15-27(16-12-19)17-14-25-23(29)22-20-9-6-7-10-21(20)28(26-22)18(2)3/h6-7,9-10,18-19,24H,4-5,8,11-17H2,1-3H3,(H,25,29). The topological polar surface area (TPSA) is 62.2 Å². The first kappa shape index (κ1) is 21.8. The first-order chi connectivity index (χ1) is 14.1. The molecule has 0 unspecified atom stereocenters. The molecule has 6 heteroatoms. The Kier molecular flexibility index (Phi) is 8.07. The minimum Gasteiger partial charge on any atom is -0.349 e. The molecule has 1 amide bonds. The first-order valence-electron chi connectivity index (χ1n) is 11.3. The number of likely N-dealkylation sites (tertiary alicyclic amines) is 1. The van der Waals surface area contributed by atoms with Gasteiger partial charge in [0.15, 0.2) is 5.69 Å². The maximum Gasteiger partial charge on any atom is 0.272 e. The second-order valence-corrected chi connectivity index (χ2v) is 8.44. The van der Waals surface area contributed by atoms with Crippen LogP contribution in [0.1, 0.15) is 69.4 Å². The summed E-state index contributed by atoms with van der Waals surface area (Å²) < 4.78 is 1.93. The molecule has 0 saturated carbocycles. The second-order valence-electron chi connectivity index (χ2n) is 8.44. The Bertz CT molecular complexity index is 777. The number of piperidine rings is 1. The summed E-state index contributed by atoms with van der Waals surface area (Å²) in [7, 11) is 0. The number of benzene rings is 1. The number of carbonyl (C=O) groups excluding carboxylic acids is 1. The molecule has 1 aliphatic heterocycles. The van der Waals surface area contributed by atoms with Gasteiger partial charge in [0, 0.05) is 30.6 Å². The highest BCUT2D eigenvalue weighted by molar-refractivity contribution is 6.04. The van der Waals surface area contributed by atoms with Gasteiger partial charge in [-0.05, 0) is 58.8 Å². The molecule has 2 N–H and O–H groups in total. The van der Waals surface area contributed by atoms with Crippen LogP contribution in [0.2, 0.25) is 0 Å². The highest BCUT2D eigenvalue weighted by Gasteiger charge is 2.20. The molecule has 0 bridgehead atoms. The number of amides is 1. The number of nitrogens with one attached hydrogen (secondary N) is 2. The fourth-order valence-corrected chi connectivity index (χ4v) is 4.10. The molecule has 3 rings (SSSR count). The van der Waals surface area contributed by atoms with Crippen molar-refractivity contribution in [3.63, 3.8) is 0 Å². The lowest BCUT2D eigenvalue weighted by molar-refractivity contribution is 0.0940. The Morgan fingerprint density at radius 1 is 1.17 bits per heavy atom. The number of para-hydroxylation sites is 1. The van der Waals surface area contributed by atoms with Gasteiger partial charge in [0.2, 0.25) is 0 Å². The number of aromatic nitrogens is 2. The van der Waals surface area contributed by atoms with E-state index in [-0.39, 0.29) is 11.9 Å². The third-order valence-electron chi connectivity index (χ3n) is 5.83. The van der Waals surface area contributed by atoms with E-state index in [9.17, 15) is 4.79 Å². The van der Waals surface area contributed by atoms with Crippen LogP contribution in [0.4, 0.5) is 0 Å². The maximum atomic E-state index is 12.7. The lowest BCUT2D eigenvalue weighted by Crippen LogP contribution is -2.45. The number of nitrogens with zero attached hydrogens (tertiary/aromatic N) is 3. The van der Waals surface area contributed by atoms with E-state index in [2.05, 4.69) is 41.4 Å². The SMILES string of the molecule is CCCCCNC1CCN(CCNC(=O)c2nn(C(C)C)c3ccccc23)CC1. The summed E-state index contributed by atoms with van der Waals surface area (Å²) in [4.78, 5) is 15.2. The summed E-state index contributed by atoms with van der Waals surface area (Å²) in [5, 5.41) is 12.3. The normalized spacial score (nSPS) is 16.0. The van der Waals surface area contributed by atoms with Crippen molar-refractivity contribution < 1.29 is 4.79 Å². The van der Waals surface area contributed by atoms with E-state index in [0.717, 1.165) is 37.1 Å². The first-order valence-corrected chi connectivity index (χ1v) is 11.3. The average Bonchev–Trinajstić information content (AvgIpc) is 3.12. The van der Waals surface area contributed by atoms with Gasteiger partial charge in [0.25, 0.3) is 5.91 Å². The van der Waals surface area contributed by atoms with E-state index in [1.807, 2.05) is 28.9 Å². The molecule has 2 heterocycles. The van der Waals surface area contributed by atoms with Crippen LogP contribution in [-0.2, 0) is 0 Å². The molecule has 1 aliphatic rings. The molecule has 6 nitrogen and oxygen atoms in total. The maximum absolute atomic E-state index is 12.7. The molecule has 1 fully saturated rings. The van der Waals surface area contributed by atoms with Crippen LogP contribution in [0.3, 0.4) is 0 Å². The van der Waals surface area contributed by atoms with Crippen LogP contribution in [0, 0.1) is 0 Å². The molecule has 0 aliphatic carbocycles. The van der Waals surface area contributed by atoms with Crippen molar-refractivity contribution >= 4 is 16.8 Å². The van der Waals surface area contributed by atoms with Crippen molar-refractivity contribution in [1.29, 1.82) is 0 Å². The second kappa shape index (κ2) is 10.7. The van der Waals surface area contributed by atoms with E-state index < -0.39 is 0 Å². The Morgan fingerprint density at radius 2 is 1.93 bits per heavy atom. The molecule has 1 saturated heterocycles. The lowest BCUT2D eigenvalue weighted by Gasteiger charge is -2.32. The molecule has 2 aromatic rings. The predicted molar refractivity (Wildman–Crippen MR) is 119 cm³/mol. The van der Waals surface area contributed by atoms with Crippen molar-refractivity contribution in [2.75, 3.05) is 32.7 Å². The Labute approximate surface area is 175 Å². The molecule has 29 heavy (non-hydrogen) atoms. The Hall–Kier alpha value is -1.92. The van der Waals surface area contributed by atoms with Gasteiger partial charge in [-0.15, -0.1) is 0 Å². The number of fused-ring (bicyclic) bond motifs is 1. The Morgan fingerprint density at radius 3 is 2.66 bits per heavy atom. The van der Waals surface area contributed by atoms with E-state index in [1.165, 1.54) is 32.1 Å². The molecular weight excluding hydrogens is 362 g/mol. The number of hydrogen-bond donors (Lipinski definition) is 2. The summed E-state index contributed by atoms with van der Waals surface area (Å²) >= 11 is 0. The number of carbonyl (C=O) groups is 1. The summed E-state index contributed by atoms with van der Waals surface area (Å²) in [6.45, 7) is 11.3. The number of rotatable bonds is 10. The quantitative estimate of drug-likeness (QED) is 0.600. The van der Waals surface area contributed by atoms with Crippen molar-refractivity contribution in [2.45, 2.75) is 65.0 Å². The molecule has 1 aromatic carbocycles. The van der Waals surface area contributed by atoms with E-state index >= 15 is 0 Å². The zero-order valence-corrected chi connectivity index (χ0v) is 18.3. The smallest absolute Gasteiger partial charge is 0.272 e. The third-order valence-corrected chi connectivity index (χ3v) is 5.83. The largest absolute Gasteiger partial charge is 0.349 e. The molecule has 0 radical (unpaired) electrons. The summed E-state index contributed by atoms with van der Waals surface area (Å²) in [6.07, 6.45) is 6.27. The van der Waals surface area contributed by atoms with Crippen LogP contribution < -0.4 is 10.6 Å². The van der Waals surface area contributed by atoms with Gasteiger partial charge in [-0.2, -0.15) is 5.10 Å². The van der Waals surface area contributed by atoms with Crippen LogP contribution in [0.25, 0.3) is 10.9 Å². The summed E-state index contributed by atoms with van der Waals surface area (Å²) in [6, 6.07) is 8.84. The lowest BCUT2D eigenvalue weighted by atomic mass is 10.0. The molecular formula is C23H37N5O. The van der Waals surface area contributed by atoms with Crippen LogP contribution in [0.15, 0.2) is 24.3 Å². The number of hydrogen-bond acceptors (Lipinski definition) is 4. The van der Waals surface area contributed by atoms with Gasteiger partial charge in [0.1, 0.15) is 0 Å². The van der Waals surface area contributed by atoms with Gasteiger partial charge in [-0.3, -0.25) is 9.48 Å². The van der Waals surface area contributed by atoms with Crippen molar-refractivity contribution in [2.24, 2.45) is 0 Å². The van der Waals surface area contributed by atoms with E-state index in [1.54, 1.807) is 0 Å². The van der Waals surface area contributed by atoms with Crippen LogP contribution >= 0.6 is 0 Å². The van der Waals surface area contributed by atoms with Gasteiger partial charge in [-0.1, -0.05) is 38.0 Å². The average molecular weight is 400 g/mol. The molecule has 0 spiro atoms. The van der Waals surface area contributed by atoms with Gasteiger partial charge in [0.05, 0.1) is 5.52 Å². The fourth-order valence-electron chi connectivity index (χ4n) is 4.10. The molecule has 1 aromatic heterocycles. The third kappa shape index (κ3) is 5.80. The number of unbranched alkanes of at least 4 members (excludes halogenated alkanes) is 2. The van der Waals surface area contributed by atoms with Gasteiger partial charge in [-0.25, -0.2) is 0 Å². The van der Waals surface area contributed by atoms with Gasteiger partial charge >= 0.3 is 0 Å². The van der Waals surface area contributed by atoms with Gasteiger partial charge < -0.3 is 15.5 Å². The van der Waals surface area contributed by atoms with E-state index in [4.69, 9.17) is 0 Å². The Balaban J connectivity index is 1.44. The van der Waals surface area contributed by atoms with Crippen molar-refractivity contribution in [3.05, 3.63) is 30.0 Å². The zero-order valence-electron chi connectivity index (χ0n) is 18.3. The van der Waals surface area contributed by atoms with Crippen LogP contribution in [0.5, 0.6) is 0 Å². The minimum atomic E-state index is -0.0759. The van der Waals surface area contributed by atoms with Crippen LogP contribution in [-0.4, -0.2) is 59.4 Å². The van der Waals surface area contributed by atoms with Crippen molar-refractivity contribution in [3.8, 4) is 0 Å². The summed E-state index contributed by atoms with van der Waals surface area (Å²) in [5.74, 6) is -0.0759. The molecule has 160 valence electrons. The predicted octanol–water partition coefficient (Wildman–Crippen LogP) is 3.59. The van der Waals surface area contributed by atoms with Crippen molar-refractivity contribution in [1.82, 2.24) is 25.3 Å². The highest BCUT2D eigenvalue weighted by Crippen LogP contribution is 2.21. The zero-order chi connectivity index (χ0) is 20.6. The van der Waals surface area contributed by atoms with E-state index in [0.29, 0.717) is 18.3 Å². The summed E-state index contributed by atoms with van der Waals surface area (Å²) in [5.41, 5.74) is 1.55. The highest BCUT2D eigenvalue weighted by atomic mass is 16.1. The monoisotopic (exact) mass is 399 g/mol. The molecule has 0 atom stereocenters. The fraction of sp³-hybridized carbons (Fsp3) is 0.652.